The van der Waals surface area contributed by atoms with Gasteiger partial charge in [0.05, 0.1) is 11.3 Å². The predicted octanol–water partition coefficient (Wildman–Crippen LogP) is 4.86. The summed E-state index contributed by atoms with van der Waals surface area (Å²) in [5, 5.41) is 8.85. The SMILES string of the molecule is Cc1cc2c(cc1C#Cc1ccc(CC(=O)O)s1)C(C)(C)CCS2. The smallest absolute Gasteiger partial charge is 0.308 e. The van der Waals surface area contributed by atoms with Crippen molar-refractivity contribution < 1.29 is 9.90 Å². The van der Waals surface area contributed by atoms with Gasteiger partial charge in [0.15, 0.2) is 0 Å². The van der Waals surface area contributed by atoms with Crippen molar-refractivity contribution in [1.82, 2.24) is 0 Å². The second-order valence-corrected chi connectivity index (χ2v) is 9.04. The molecule has 0 fully saturated rings. The Morgan fingerprint density at radius 1 is 1.29 bits per heavy atom. The Morgan fingerprint density at radius 3 is 2.83 bits per heavy atom. The van der Waals surface area contributed by atoms with Crippen LogP contribution in [-0.2, 0) is 16.6 Å². The number of aryl methyl sites for hydroxylation is 1. The summed E-state index contributed by atoms with van der Waals surface area (Å²) in [5.74, 6) is 6.85. The molecule has 2 heterocycles. The van der Waals surface area contributed by atoms with Gasteiger partial charge in [0, 0.05) is 15.3 Å². The third-order valence-electron chi connectivity index (χ3n) is 4.35. The Kier molecular flexibility index (Phi) is 4.76. The number of hydrogen-bond donors (Lipinski definition) is 1. The molecule has 2 nitrogen and oxygen atoms in total. The molecule has 0 amide bonds. The van der Waals surface area contributed by atoms with Gasteiger partial charge in [0.1, 0.15) is 0 Å². The van der Waals surface area contributed by atoms with Crippen molar-refractivity contribution >= 4 is 29.1 Å². The Morgan fingerprint density at radius 2 is 2.08 bits per heavy atom. The van der Waals surface area contributed by atoms with Crippen LogP contribution in [-0.4, -0.2) is 16.8 Å². The van der Waals surface area contributed by atoms with Gasteiger partial charge in [0.25, 0.3) is 0 Å². The largest absolute Gasteiger partial charge is 0.481 e. The molecule has 3 rings (SSSR count). The van der Waals surface area contributed by atoms with Crippen molar-refractivity contribution in [3.8, 4) is 11.8 Å². The minimum absolute atomic E-state index is 0.0651. The van der Waals surface area contributed by atoms with Gasteiger partial charge in [-0.25, -0.2) is 0 Å². The zero-order valence-corrected chi connectivity index (χ0v) is 15.7. The molecule has 124 valence electrons. The van der Waals surface area contributed by atoms with Crippen LogP contribution >= 0.6 is 23.1 Å². The van der Waals surface area contributed by atoms with Gasteiger partial charge in [-0.05, 0) is 59.9 Å². The van der Waals surface area contributed by atoms with E-state index >= 15 is 0 Å². The molecule has 0 bridgehead atoms. The first kappa shape index (κ1) is 17.1. The molecule has 0 spiro atoms. The van der Waals surface area contributed by atoms with Crippen LogP contribution in [0.3, 0.4) is 0 Å². The number of thioether (sulfide) groups is 1. The van der Waals surface area contributed by atoms with Crippen molar-refractivity contribution in [3.63, 3.8) is 0 Å². The Labute approximate surface area is 151 Å². The number of rotatable bonds is 2. The van der Waals surface area contributed by atoms with E-state index in [1.54, 1.807) is 0 Å². The zero-order chi connectivity index (χ0) is 17.3. The second-order valence-electron chi connectivity index (χ2n) is 6.73. The molecule has 0 saturated carbocycles. The maximum atomic E-state index is 10.8. The Bertz CT molecular complexity index is 850. The van der Waals surface area contributed by atoms with E-state index in [-0.39, 0.29) is 11.8 Å². The van der Waals surface area contributed by atoms with E-state index in [2.05, 4.69) is 44.7 Å². The lowest BCUT2D eigenvalue weighted by Crippen LogP contribution is -2.23. The number of aliphatic carboxylic acids is 1. The fraction of sp³-hybridized carbons (Fsp3) is 0.350. The molecule has 0 saturated heterocycles. The quantitative estimate of drug-likeness (QED) is 0.781. The van der Waals surface area contributed by atoms with Crippen LogP contribution in [0.4, 0.5) is 0 Å². The third-order valence-corrected chi connectivity index (χ3v) is 6.41. The molecule has 0 atom stereocenters. The van der Waals surface area contributed by atoms with Gasteiger partial charge in [-0.1, -0.05) is 25.7 Å². The highest BCUT2D eigenvalue weighted by atomic mass is 32.2. The molecule has 1 N–H and O–H groups in total. The molecule has 1 aromatic heterocycles. The van der Waals surface area contributed by atoms with Crippen LogP contribution in [0, 0.1) is 18.8 Å². The summed E-state index contributed by atoms with van der Waals surface area (Å²) >= 11 is 3.39. The Balaban J connectivity index is 1.91. The summed E-state index contributed by atoms with van der Waals surface area (Å²) in [6, 6.07) is 8.26. The van der Waals surface area contributed by atoms with Gasteiger partial charge in [-0.3, -0.25) is 4.79 Å². The third kappa shape index (κ3) is 3.68. The number of benzene rings is 1. The van der Waals surface area contributed by atoms with Crippen LogP contribution in [0.2, 0.25) is 0 Å². The lowest BCUT2D eigenvalue weighted by Gasteiger charge is -2.32. The lowest BCUT2D eigenvalue weighted by molar-refractivity contribution is -0.136. The van der Waals surface area contributed by atoms with Crippen molar-refractivity contribution in [3.05, 3.63) is 50.7 Å². The van der Waals surface area contributed by atoms with Crippen LogP contribution in [0.1, 0.15) is 46.7 Å². The van der Waals surface area contributed by atoms with Crippen LogP contribution in [0.5, 0.6) is 0 Å². The van der Waals surface area contributed by atoms with Gasteiger partial charge in [-0.2, -0.15) is 0 Å². The minimum Gasteiger partial charge on any atom is -0.481 e. The standard InChI is InChI=1S/C20H20O2S2/c1-13-10-18-17(20(2,3)8-9-23-18)11-14(13)4-5-15-6-7-16(24-15)12-19(21)22/h6-7,10-11H,8-9,12H2,1-3H3,(H,21,22). The normalized spacial score (nSPS) is 15.3. The highest BCUT2D eigenvalue weighted by Gasteiger charge is 2.28. The predicted molar refractivity (Wildman–Crippen MR) is 101 cm³/mol. The van der Waals surface area contributed by atoms with Crippen molar-refractivity contribution in [2.45, 2.75) is 43.9 Å². The number of carboxylic acids is 1. The molecule has 0 unspecified atom stereocenters. The molecule has 1 aromatic carbocycles. The summed E-state index contributed by atoms with van der Waals surface area (Å²) in [4.78, 5) is 13.9. The van der Waals surface area contributed by atoms with E-state index in [4.69, 9.17) is 5.11 Å². The summed E-state index contributed by atoms with van der Waals surface area (Å²) in [7, 11) is 0. The maximum Gasteiger partial charge on any atom is 0.308 e. The zero-order valence-electron chi connectivity index (χ0n) is 14.1. The van der Waals surface area contributed by atoms with Gasteiger partial charge < -0.3 is 5.11 Å². The average Bonchev–Trinajstić information content (AvgIpc) is 2.92. The fourth-order valence-corrected chi connectivity index (χ4v) is 5.27. The first-order chi connectivity index (χ1) is 11.3. The topological polar surface area (TPSA) is 37.3 Å². The van der Waals surface area contributed by atoms with Crippen LogP contribution < -0.4 is 0 Å². The number of fused-ring (bicyclic) bond motifs is 1. The number of carbonyl (C=O) groups is 1. The molecule has 0 aliphatic carbocycles. The Hall–Kier alpha value is -1.70. The average molecular weight is 357 g/mol. The number of hydrogen-bond acceptors (Lipinski definition) is 3. The first-order valence-electron chi connectivity index (χ1n) is 7.95. The van der Waals surface area contributed by atoms with Crippen molar-refractivity contribution in [2.24, 2.45) is 0 Å². The summed E-state index contributed by atoms with van der Waals surface area (Å²) in [5.41, 5.74) is 3.86. The molecular formula is C20H20O2S2. The maximum absolute atomic E-state index is 10.8. The summed E-state index contributed by atoms with van der Waals surface area (Å²) < 4.78 is 0. The molecule has 0 radical (unpaired) electrons. The molecular weight excluding hydrogens is 336 g/mol. The first-order valence-corrected chi connectivity index (χ1v) is 9.76. The minimum atomic E-state index is -0.804. The van der Waals surface area contributed by atoms with Crippen LogP contribution in [0.15, 0.2) is 29.2 Å². The molecule has 1 aliphatic rings. The van der Waals surface area contributed by atoms with Crippen molar-refractivity contribution in [2.75, 3.05) is 5.75 Å². The van der Waals surface area contributed by atoms with E-state index in [1.807, 2.05) is 23.9 Å². The molecule has 1 aliphatic heterocycles. The summed E-state index contributed by atoms with van der Waals surface area (Å²) in [6.07, 6.45) is 1.25. The summed E-state index contributed by atoms with van der Waals surface area (Å²) in [6.45, 7) is 6.71. The van der Waals surface area contributed by atoms with Gasteiger partial charge in [-0.15, -0.1) is 23.1 Å². The fourth-order valence-electron chi connectivity index (χ4n) is 2.83. The van der Waals surface area contributed by atoms with Crippen LogP contribution in [0.25, 0.3) is 0 Å². The van der Waals surface area contributed by atoms with Gasteiger partial charge >= 0.3 is 5.97 Å². The number of thiophene rings is 1. The highest BCUT2D eigenvalue weighted by Crippen LogP contribution is 2.42. The van der Waals surface area contributed by atoms with E-state index < -0.39 is 5.97 Å². The van der Waals surface area contributed by atoms with E-state index in [0.717, 1.165) is 15.3 Å². The molecule has 2 aromatic rings. The van der Waals surface area contributed by atoms with Gasteiger partial charge in [0.2, 0.25) is 0 Å². The van der Waals surface area contributed by atoms with E-state index in [9.17, 15) is 4.79 Å². The highest BCUT2D eigenvalue weighted by molar-refractivity contribution is 7.99. The monoisotopic (exact) mass is 356 g/mol. The van der Waals surface area contributed by atoms with E-state index in [0.29, 0.717) is 0 Å². The van der Waals surface area contributed by atoms with Crippen molar-refractivity contribution in [1.29, 1.82) is 0 Å². The lowest BCUT2D eigenvalue weighted by atomic mass is 9.80. The van der Waals surface area contributed by atoms with E-state index in [1.165, 1.54) is 39.5 Å². The molecule has 4 heteroatoms. The number of carboxylic acid groups (broad SMARTS) is 1. The second kappa shape index (κ2) is 6.66. The molecule has 24 heavy (non-hydrogen) atoms.